The van der Waals surface area contributed by atoms with E-state index < -0.39 is 0 Å². The summed E-state index contributed by atoms with van der Waals surface area (Å²) in [5.74, 6) is 0.986. The van der Waals surface area contributed by atoms with Gasteiger partial charge in [0.15, 0.2) is 5.82 Å². The Kier molecular flexibility index (Phi) is 3.78. The minimum absolute atomic E-state index is 0.0436. The van der Waals surface area contributed by atoms with Crippen LogP contribution in [-0.2, 0) is 0 Å². The number of hydrogen-bond donors (Lipinski definition) is 3. The van der Waals surface area contributed by atoms with E-state index in [1.165, 1.54) is 0 Å². The fraction of sp³-hybridized carbons (Fsp3) is 0. The van der Waals surface area contributed by atoms with Gasteiger partial charge in [0.25, 0.3) is 0 Å². The highest BCUT2D eigenvalue weighted by atomic mass is 14.9. The Balaban J connectivity index is 1.75. The van der Waals surface area contributed by atoms with E-state index in [4.69, 9.17) is 16.9 Å². The number of nitrogen functional groups attached to an aromatic ring is 2. The number of anilines is 1. The highest BCUT2D eigenvalue weighted by molar-refractivity contribution is 5.99. The van der Waals surface area contributed by atoms with Crippen molar-refractivity contribution in [3.8, 4) is 22.5 Å². The van der Waals surface area contributed by atoms with Crippen LogP contribution in [0.1, 0.15) is 5.56 Å². The number of nitrogens with zero attached hydrogens (tertiary/aromatic N) is 3. The molecule has 0 radical (unpaired) electrons. The molecule has 2 heterocycles. The highest BCUT2D eigenvalue weighted by Crippen LogP contribution is 2.30. The van der Waals surface area contributed by atoms with Gasteiger partial charge < -0.3 is 11.5 Å². The third kappa shape index (κ3) is 2.73. The van der Waals surface area contributed by atoms with E-state index in [1.807, 2.05) is 36.4 Å². The quantitative estimate of drug-likeness (QED) is 0.391. The van der Waals surface area contributed by atoms with Crippen LogP contribution in [0.5, 0.6) is 0 Å². The Hall–Kier alpha value is -3.80. The lowest BCUT2D eigenvalue weighted by Gasteiger charge is -2.09. The monoisotopic (exact) mass is 340 g/mol. The fourth-order valence-corrected chi connectivity index (χ4v) is 2.86. The number of pyridine rings is 1. The van der Waals surface area contributed by atoms with Crippen molar-refractivity contribution in [3.05, 3.63) is 72.7 Å². The number of amidine groups is 1. The van der Waals surface area contributed by atoms with Gasteiger partial charge in [-0.3, -0.25) is 5.41 Å². The first kappa shape index (κ1) is 15.7. The van der Waals surface area contributed by atoms with E-state index in [0.717, 1.165) is 27.5 Å². The summed E-state index contributed by atoms with van der Waals surface area (Å²) in [7, 11) is 0. The lowest BCUT2D eigenvalue weighted by atomic mass is 10.0. The fourth-order valence-electron chi connectivity index (χ4n) is 2.86. The molecule has 126 valence electrons. The summed E-state index contributed by atoms with van der Waals surface area (Å²) >= 11 is 0. The molecule has 0 aliphatic rings. The molecule has 0 saturated carbocycles. The molecule has 4 rings (SSSR count). The van der Waals surface area contributed by atoms with Crippen LogP contribution in [0.25, 0.3) is 33.3 Å². The van der Waals surface area contributed by atoms with Gasteiger partial charge in [0.05, 0.1) is 5.56 Å². The van der Waals surface area contributed by atoms with Gasteiger partial charge in [-0.1, -0.05) is 48.5 Å². The van der Waals surface area contributed by atoms with Crippen LogP contribution in [0.3, 0.4) is 0 Å². The minimum Gasteiger partial charge on any atom is -0.384 e. The molecular formula is C20H16N6. The Morgan fingerprint density at radius 2 is 1.50 bits per heavy atom. The van der Waals surface area contributed by atoms with Crippen LogP contribution in [0.15, 0.2) is 67.1 Å². The minimum atomic E-state index is 0.0436. The predicted octanol–water partition coefficient (Wildman–Crippen LogP) is 3.23. The second-order valence-electron chi connectivity index (χ2n) is 5.89. The summed E-state index contributed by atoms with van der Waals surface area (Å²) < 4.78 is 0. The summed E-state index contributed by atoms with van der Waals surface area (Å²) in [6, 6.07) is 15.3. The van der Waals surface area contributed by atoms with Gasteiger partial charge in [-0.05, 0) is 10.9 Å². The van der Waals surface area contributed by atoms with E-state index in [1.54, 1.807) is 30.7 Å². The molecule has 5 N–H and O–H groups in total. The van der Waals surface area contributed by atoms with E-state index >= 15 is 0 Å². The maximum Gasteiger partial charge on any atom is 0.163 e. The third-order valence-electron chi connectivity index (χ3n) is 4.23. The van der Waals surface area contributed by atoms with Crippen LogP contribution in [-0.4, -0.2) is 20.8 Å². The molecule has 0 aliphatic carbocycles. The molecule has 0 unspecified atom stereocenters. The lowest BCUT2D eigenvalue weighted by molar-refractivity contribution is 1.18. The molecule has 2 aromatic heterocycles. The van der Waals surface area contributed by atoms with Crippen molar-refractivity contribution < 1.29 is 0 Å². The Labute approximate surface area is 150 Å². The summed E-state index contributed by atoms with van der Waals surface area (Å²) in [6.45, 7) is 0. The Morgan fingerprint density at radius 1 is 0.808 bits per heavy atom. The normalized spacial score (nSPS) is 10.8. The zero-order chi connectivity index (χ0) is 18.1. The number of fused-ring (bicyclic) bond motifs is 1. The lowest BCUT2D eigenvalue weighted by Crippen LogP contribution is -2.10. The van der Waals surface area contributed by atoms with Crippen molar-refractivity contribution in [2.45, 2.75) is 0 Å². The summed E-state index contributed by atoms with van der Waals surface area (Å²) in [4.78, 5) is 13.2. The summed E-state index contributed by atoms with van der Waals surface area (Å²) in [5, 5.41) is 9.42. The second kappa shape index (κ2) is 6.25. The zero-order valence-electron chi connectivity index (χ0n) is 13.8. The van der Waals surface area contributed by atoms with E-state index in [2.05, 4.69) is 15.0 Å². The standard InChI is InChI=1S/C20H16N6/c21-18(22)13-7-5-12(6-8-13)15-10-25-20(26-11-15)17-16-4-2-1-3-14(16)9-24-19(17)23/h1-11H,(H3,21,22)(H2,23,24). The van der Waals surface area contributed by atoms with E-state index in [9.17, 15) is 0 Å². The Morgan fingerprint density at radius 3 is 2.19 bits per heavy atom. The molecule has 6 heteroatoms. The van der Waals surface area contributed by atoms with Gasteiger partial charge in [0.2, 0.25) is 0 Å². The predicted molar refractivity (Wildman–Crippen MR) is 104 cm³/mol. The molecule has 6 nitrogen and oxygen atoms in total. The van der Waals surface area contributed by atoms with Gasteiger partial charge in [-0.2, -0.15) is 0 Å². The van der Waals surface area contributed by atoms with Crippen molar-refractivity contribution in [1.29, 1.82) is 5.41 Å². The second-order valence-corrected chi connectivity index (χ2v) is 5.89. The van der Waals surface area contributed by atoms with Crippen LogP contribution in [0.2, 0.25) is 0 Å². The maximum absolute atomic E-state index is 7.46. The average molecular weight is 340 g/mol. The smallest absolute Gasteiger partial charge is 0.163 e. The molecule has 4 aromatic rings. The number of benzene rings is 2. The first-order valence-electron chi connectivity index (χ1n) is 8.04. The van der Waals surface area contributed by atoms with Crippen molar-refractivity contribution in [3.63, 3.8) is 0 Å². The van der Waals surface area contributed by atoms with Crippen molar-refractivity contribution in [2.75, 3.05) is 5.73 Å². The van der Waals surface area contributed by atoms with Gasteiger partial charge in [-0.15, -0.1) is 0 Å². The molecule has 0 spiro atoms. The zero-order valence-corrected chi connectivity index (χ0v) is 13.8. The first-order valence-corrected chi connectivity index (χ1v) is 8.04. The molecule has 0 bridgehead atoms. The molecule has 26 heavy (non-hydrogen) atoms. The van der Waals surface area contributed by atoms with Crippen molar-refractivity contribution in [1.82, 2.24) is 15.0 Å². The van der Waals surface area contributed by atoms with Crippen LogP contribution in [0.4, 0.5) is 5.82 Å². The van der Waals surface area contributed by atoms with Gasteiger partial charge >= 0.3 is 0 Å². The molecule has 2 aromatic carbocycles. The number of hydrogen-bond acceptors (Lipinski definition) is 5. The van der Waals surface area contributed by atoms with Crippen molar-refractivity contribution >= 4 is 22.4 Å². The van der Waals surface area contributed by atoms with E-state index in [-0.39, 0.29) is 5.84 Å². The number of nitrogens with two attached hydrogens (primary N) is 2. The van der Waals surface area contributed by atoms with E-state index in [0.29, 0.717) is 17.2 Å². The van der Waals surface area contributed by atoms with Crippen molar-refractivity contribution in [2.24, 2.45) is 5.73 Å². The highest BCUT2D eigenvalue weighted by Gasteiger charge is 2.12. The first-order chi connectivity index (χ1) is 12.6. The number of aromatic nitrogens is 3. The van der Waals surface area contributed by atoms with Crippen LogP contribution >= 0.6 is 0 Å². The Bertz CT molecular complexity index is 1100. The van der Waals surface area contributed by atoms with Gasteiger partial charge in [-0.25, -0.2) is 15.0 Å². The topological polar surface area (TPSA) is 115 Å². The number of rotatable bonds is 3. The summed E-state index contributed by atoms with van der Waals surface area (Å²) in [5.41, 5.74) is 14.8. The van der Waals surface area contributed by atoms with Gasteiger partial charge in [0.1, 0.15) is 11.7 Å². The molecular weight excluding hydrogens is 324 g/mol. The molecule has 0 atom stereocenters. The summed E-state index contributed by atoms with van der Waals surface area (Å²) in [6.07, 6.45) is 5.26. The van der Waals surface area contributed by atoms with Gasteiger partial charge in [0, 0.05) is 35.1 Å². The number of nitrogens with one attached hydrogen (secondary N) is 1. The molecule has 0 fully saturated rings. The average Bonchev–Trinajstić information content (AvgIpc) is 2.68. The largest absolute Gasteiger partial charge is 0.384 e. The van der Waals surface area contributed by atoms with Crippen LogP contribution in [0, 0.1) is 5.41 Å². The molecule has 0 amide bonds. The molecule has 0 saturated heterocycles. The maximum atomic E-state index is 7.46. The SMILES string of the molecule is N=C(N)c1ccc(-c2cnc(-c3c(N)ncc4ccccc34)nc2)cc1. The third-order valence-corrected chi connectivity index (χ3v) is 4.23. The van der Waals surface area contributed by atoms with Crippen LogP contribution < -0.4 is 11.5 Å². The molecule has 0 aliphatic heterocycles.